The van der Waals surface area contributed by atoms with Gasteiger partial charge in [-0.1, -0.05) is 50.6 Å². The molecule has 0 spiro atoms. The Morgan fingerprint density at radius 1 is 1.16 bits per heavy atom. The van der Waals surface area contributed by atoms with Gasteiger partial charge in [0.15, 0.2) is 0 Å². The molecule has 2 atom stereocenters. The van der Waals surface area contributed by atoms with E-state index >= 15 is 0 Å². The summed E-state index contributed by atoms with van der Waals surface area (Å²) in [5.41, 5.74) is 1.53. The number of benzene rings is 2. The number of nitrogens with one attached hydrogen (secondary N) is 1. The summed E-state index contributed by atoms with van der Waals surface area (Å²) in [6.45, 7) is 6.65. The highest BCUT2D eigenvalue weighted by Crippen LogP contribution is 2.24. The van der Waals surface area contributed by atoms with Crippen molar-refractivity contribution >= 4 is 21.8 Å². The molecule has 0 radical (unpaired) electrons. The van der Waals surface area contributed by atoms with Crippen LogP contribution in [0.3, 0.4) is 0 Å². The molecule has 0 fully saturated rings. The molecule has 0 bridgehead atoms. The van der Waals surface area contributed by atoms with E-state index in [1.165, 1.54) is 6.07 Å². The first-order valence-electron chi connectivity index (χ1n) is 10.4. The van der Waals surface area contributed by atoms with Crippen LogP contribution in [-0.2, 0) is 14.8 Å². The van der Waals surface area contributed by atoms with Crippen molar-refractivity contribution in [3.05, 3.63) is 59.7 Å². The number of para-hydroxylation sites is 1. The number of rotatable bonds is 8. The van der Waals surface area contributed by atoms with Crippen molar-refractivity contribution in [2.24, 2.45) is 10.9 Å². The second-order valence-electron chi connectivity index (χ2n) is 7.78. The minimum absolute atomic E-state index is 0.0583. The molecule has 1 amide bonds. The number of nitrogens with zero attached hydrogens (tertiary/aromatic N) is 2. The van der Waals surface area contributed by atoms with Crippen LogP contribution in [-0.4, -0.2) is 51.3 Å². The van der Waals surface area contributed by atoms with Crippen molar-refractivity contribution in [2.75, 3.05) is 20.2 Å². The quantitative estimate of drug-likeness (QED) is 0.679. The van der Waals surface area contributed by atoms with Gasteiger partial charge in [0.25, 0.3) is 10.0 Å². The summed E-state index contributed by atoms with van der Waals surface area (Å²) in [6.07, 6.45) is 0.731. The number of carbonyl (C=O) groups excluding carboxylic acids is 1. The maximum Gasteiger partial charge on any atom is 0.263 e. The summed E-state index contributed by atoms with van der Waals surface area (Å²) in [5.74, 6) is 0.786. The number of amidine groups is 1. The van der Waals surface area contributed by atoms with E-state index in [0.29, 0.717) is 18.7 Å². The van der Waals surface area contributed by atoms with E-state index in [1.54, 1.807) is 30.1 Å². The smallest absolute Gasteiger partial charge is 0.263 e. The van der Waals surface area contributed by atoms with Crippen molar-refractivity contribution in [1.82, 2.24) is 9.62 Å². The fraction of sp³-hybridized carbons (Fsp3) is 0.391. The van der Waals surface area contributed by atoms with E-state index in [4.69, 9.17) is 4.74 Å². The Balaban J connectivity index is 1.76. The number of carbonyl (C=O) groups is 1. The van der Waals surface area contributed by atoms with Gasteiger partial charge in [-0.15, -0.1) is 0 Å². The minimum atomic E-state index is -3.65. The Kier molecular flexibility index (Phi) is 7.00. The van der Waals surface area contributed by atoms with Gasteiger partial charge in [0.1, 0.15) is 24.2 Å². The molecule has 2 aromatic rings. The molecule has 0 aromatic heterocycles. The van der Waals surface area contributed by atoms with Crippen LogP contribution in [0.2, 0.25) is 0 Å². The van der Waals surface area contributed by atoms with Crippen molar-refractivity contribution in [1.29, 1.82) is 0 Å². The average Bonchev–Trinajstić information content (AvgIpc) is 3.02. The van der Waals surface area contributed by atoms with Crippen LogP contribution in [0.5, 0.6) is 5.75 Å². The fourth-order valence-electron chi connectivity index (χ4n) is 3.36. The molecule has 1 aliphatic rings. The van der Waals surface area contributed by atoms with Crippen LogP contribution >= 0.6 is 0 Å². The molecule has 166 valence electrons. The van der Waals surface area contributed by atoms with Gasteiger partial charge in [0.05, 0.1) is 11.4 Å². The van der Waals surface area contributed by atoms with Crippen molar-refractivity contribution < 1.29 is 17.9 Å². The lowest BCUT2D eigenvalue weighted by atomic mass is 9.98. The molecule has 2 aromatic carbocycles. The Morgan fingerprint density at radius 2 is 1.84 bits per heavy atom. The van der Waals surface area contributed by atoms with Crippen molar-refractivity contribution in [3.8, 4) is 5.75 Å². The van der Waals surface area contributed by atoms with Gasteiger partial charge < -0.3 is 9.64 Å². The molecule has 31 heavy (non-hydrogen) atoms. The van der Waals surface area contributed by atoms with E-state index in [0.717, 1.165) is 17.7 Å². The highest BCUT2D eigenvalue weighted by molar-refractivity contribution is 7.90. The van der Waals surface area contributed by atoms with Crippen LogP contribution < -0.4 is 9.46 Å². The topological polar surface area (TPSA) is 88.1 Å². The molecular formula is C23H29N3O4S. The Hall–Kier alpha value is -2.87. The zero-order valence-corrected chi connectivity index (χ0v) is 19.1. The number of ether oxygens (including phenoxy) is 1. The number of fused-ring (bicyclic) bond motifs is 1. The highest BCUT2D eigenvalue weighted by Gasteiger charge is 2.33. The Labute approximate surface area is 184 Å². The third-order valence-corrected chi connectivity index (χ3v) is 6.92. The number of sulfonamides is 1. The van der Waals surface area contributed by atoms with Gasteiger partial charge in [0.2, 0.25) is 5.91 Å². The van der Waals surface area contributed by atoms with E-state index < -0.39 is 16.1 Å². The summed E-state index contributed by atoms with van der Waals surface area (Å²) in [4.78, 5) is 19.6. The first-order chi connectivity index (χ1) is 14.7. The van der Waals surface area contributed by atoms with Gasteiger partial charge >= 0.3 is 0 Å². The molecule has 7 nitrogen and oxygen atoms in total. The molecular weight excluding hydrogens is 414 g/mol. The fourth-order valence-corrected chi connectivity index (χ4v) is 4.60. The van der Waals surface area contributed by atoms with E-state index in [1.807, 2.05) is 45.0 Å². The molecule has 1 N–H and O–H groups in total. The molecule has 0 saturated heterocycles. The van der Waals surface area contributed by atoms with Gasteiger partial charge in [0, 0.05) is 12.6 Å². The molecule has 0 unspecified atom stereocenters. The summed E-state index contributed by atoms with van der Waals surface area (Å²) in [6, 6.07) is 13.7. The third-order valence-electron chi connectivity index (χ3n) is 5.52. The lowest BCUT2D eigenvalue weighted by Crippen LogP contribution is -2.42. The predicted molar refractivity (Wildman–Crippen MR) is 121 cm³/mol. The predicted octanol–water partition coefficient (Wildman–Crippen LogP) is 2.99. The van der Waals surface area contributed by atoms with Gasteiger partial charge in [-0.05, 0) is 36.6 Å². The average molecular weight is 444 g/mol. The van der Waals surface area contributed by atoms with Crippen LogP contribution in [0.25, 0.3) is 0 Å². The van der Waals surface area contributed by atoms with E-state index in [2.05, 4.69) is 9.71 Å². The first kappa shape index (κ1) is 22.8. The zero-order chi connectivity index (χ0) is 22.6. The number of amides is 1. The number of aryl methyl sites for hydroxylation is 1. The number of hydrogen-bond acceptors (Lipinski definition) is 5. The first-order valence-corrected chi connectivity index (χ1v) is 11.9. The molecule has 0 aliphatic carbocycles. The third kappa shape index (κ3) is 5.07. The van der Waals surface area contributed by atoms with Crippen LogP contribution in [0.1, 0.15) is 31.4 Å². The molecule has 0 saturated carbocycles. The van der Waals surface area contributed by atoms with Crippen LogP contribution in [0.4, 0.5) is 0 Å². The summed E-state index contributed by atoms with van der Waals surface area (Å²) >= 11 is 0. The van der Waals surface area contributed by atoms with E-state index in [9.17, 15) is 13.2 Å². The lowest BCUT2D eigenvalue weighted by Gasteiger charge is -2.25. The summed E-state index contributed by atoms with van der Waals surface area (Å²) in [7, 11) is -1.94. The van der Waals surface area contributed by atoms with Gasteiger partial charge in [-0.3, -0.25) is 14.5 Å². The van der Waals surface area contributed by atoms with E-state index in [-0.39, 0.29) is 22.6 Å². The SMILES string of the molecule is CC[C@H](C)[C@H](N=C1NS(=O)(=O)c2ccccc21)C(=O)N(C)CCOc1ccccc1C. The highest BCUT2D eigenvalue weighted by atomic mass is 32.2. The number of likely N-dealkylation sites (N-methyl/N-ethyl adjacent to an activating group) is 1. The Morgan fingerprint density at radius 3 is 2.55 bits per heavy atom. The molecule has 8 heteroatoms. The molecule has 3 rings (SSSR count). The monoisotopic (exact) mass is 443 g/mol. The Bertz CT molecular complexity index is 1080. The second-order valence-corrected chi connectivity index (χ2v) is 9.43. The van der Waals surface area contributed by atoms with Crippen molar-refractivity contribution in [3.63, 3.8) is 0 Å². The minimum Gasteiger partial charge on any atom is -0.491 e. The van der Waals surface area contributed by atoms with Crippen LogP contribution in [0, 0.1) is 12.8 Å². The van der Waals surface area contributed by atoms with Crippen molar-refractivity contribution in [2.45, 2.75) is 38.1 Å². The molecule has 1 heterocycles. The zero-order valence-electron chi connectivity index (χ0n) is 18.3. The summed E-state index contributed by atoms with van der Waals surface area (Å²) < 4.78 is 33.1. The molecule has 1 aliphatic heterocycles. The van der Waals surface area contributed by atoms with Crippen LogP contribution in [0.15, 0.2) is 58.4 Å². The standard InChI is InChI=1S/C23H29N3O4S/c1-5-16(2)21(24-22-18-11-7-9-13-20(18)31(28,29)25-22)23(27)26(4)14-15-30-19-12-8-6-10-17(19)3/h6-13,16,21H,5,14-15H2,1-4H3,(H,24,25)/t16-,21-/m0/s1. The maximum atomic E-state index is 13.2. The largest absolute Gasteiger partial charge is 0.491 e. The van der Waals surface area contributed by atoms with Gasteiger partial charge in [-0.2, -0.15) is 0 Å². The normalized spacial score (nSPS) is 17.5. The van der Waals surface area contributed by atoms with Gasteiger partial charge in [-0.25, -0.2) is 8.42 Å². The lowest BCUT2D eigenvalue weighted by molar-refractivity contribution is -0.132. The maximum absolute atomic E-state index is 13.2. The summed E-state index contributed by atoms with van der Waals surface area (Å²) in [5, 5.41) is 0. The number of hydrogen-bond donors (Lipinski definition) is 1. The number of aliphatic imine (C=N–C) groups is 1. The second kappa shape index (κ2) is 9.51.